The number of amides is 2. The third-order valence-electron chi connectivity index (χ3n) is 7.47. The zero-order valence-electron chi connectivity index (χ0n) is 24.7. The first kappa shape index (κ1) is 32.2. The molecule has 0 unspecified atom stereocenters. The van der Waals surface area contributed by atoms with Crippen molar-refractivity contribution in [1.29, 1.82) is 0 Å². The normalized spacial score (nSPS) is 14.1. The minimum atomic E-state index is -4.21. The summed E-state index contributed by atoms with van der Waals surface area (Å²) in [6.45, 7) is 3.50. The van der Waals surface area contributed by atoms with Crippen molar-refractivity contribution < 1.29 is 27.5 Å². The summed E-state index contributed by atoms with van der Waals surface area (Å²) in [4.78, 5) is 28.9. The first-order chi connectivity index (χ1) is 20.6. The molecule has 0 spiro atoms. The Bertz CT molecular complexity index is 1490. The number of hydrogen-bond acceptors (Lipinski definition) is 6. The van der Waals surface area contributed by atoms with Gasteiger partial charge in [-0.15, -0.1) is 0 Å². The van der Waals surface area contributed by atoms with Crippen LogP contribution in [0.5, 0.6) is 11.5 Å². The molecule has 3 aromatic carbocycles. The van der Waals surface area contributed by atoms with Crippen LogP contribution in [0.15, 0.2) is 77.7 Å². The average Bonchev–Trinajstić information content (AvgIpc) is 3.52. The van der Waals surface area contributed by atoms with Gasteiger partial charge in [-0.1, -0.05) is 36.6 Å². The summed E-state index contributed by atoms with van der Waals surface area (Å²) in [5.74, 6) is 0.354. The molecule has 0 saturated heterocycles. The van der Waals surface area contributed by atoms with Gasteiger partial charge in [-0.25, -0.2) is 8.42 Å². The second kappa shape index (κ2) is 14.6. The highest BCUT2D eigenvalue weighted by Gasteiger charge is 2.33. The molecular formula is C32H38ClN3O6S. The average molecular weight is 628 g/mol. The van der Waals surface area contributed by atoms with Crippen LogP contribution in [-0.2, 0) is 26.2 Å². The number of nitrogens with one attached hydrogen (secondary N) is 1. The number of sulfonamides is 1. The van der Waals surface area contributed by atoms with Crippen molar-refractivity contribution in [2.45, 2.75) is 63.1 Å². The number of anilines is 1. The minimum Gasteiger partial charge on any atom is -0.497 e. The Kier molecular flexibility index (Phi) is 10.9. The van der Waals surface area contributed by atoms with E-state index in [1.807, 2.05) is 13.0 Å². The molecule has 3 aromatic rings. The molecule has 1 aliphatic rings. The van der Waals surface area contributed by atoms with E-state index in [0.717, 1.165) is 35.6 Å². The molecule has 4 rings (SSSR count). The van der Waals surface area contributed by atoms with Crippen LogP contribution in [0.3, 0.4) is 0 Å². The molecule has 43 heavy (non-hydrogen) atoms. The van der Waals surface area contributed by atoms with Gasteiger partial charge in [0, 0.05) is 17.6 Å². The molecule has 1 saturated carbocycles. The fourth-order valence-electron chi connectivity index (χ4n) is 5.08. The van der Waals surface area contributed by atoms with Crippen molar-refractivity contribution >= 4 is 39.1 Å². The van der Waals surface area contributed by atoms with E-state index in [-0.39, 0.29) is 29.1 Å². The molecule has 0 aliphatic heterocycles. The number of rotatable bonds is 13. The van der Waals surface area contributed by atoms with E-state index < -0.39 is 28.5 Å². The van der Waals surface area contributed by atoms with Gasteiger partial charge in [0.25, 0.3) is 10.0 Å². The van der Waals surface area contributed by atoms with Gasteiger partial charge in [-0.05, 0) is 92.9 Å². The van der Waals surface area contributed by atoms with Crippen molar-refractivity contribution in [1.82, 2.24) is 10.2 Å². The van der Waals surface area contributed by atoms with Crippen LogP contribution in [0.2, 0.25) is 5.02 Å². The van der Waals surface area contributed by atoms with Gasteiger partial charge in [-0.3, -0.25) is 13.9 Å². The first-order valence-electron chi connectivity index (χ1n) is 14.4. The van der Waals surface area contributed by atoms with E-state index in [0.29, 0.717) is 23.1 Å². The number of methoxy groups -OCH3 is 1. The highest BCUT2D eigenvalue weighted by Crippen LogP contribution is 2.28. The van der Waals surface area contributed by atoms with Crippen LogP contribution in [0.1, 0.15) is 45.1 Å². The van der Waals surface area contributed by atoms with Crippen molar-refractivity contribution in [2.75, 3.05) is 24.6 Å². The third kappa shape index (κ3) is 8.20. The number of nitrogens with zero attached hydrogens (tertiary/aromatic N) is 2. The Morgan fingerprint density at radius 1 is 1.00 bits per heavy atom. The first-order valence-corrected chi connectivity index (χ1v) is 16.2. The SMILES string of the molecule is CCOc1ccc(N(CC(=O)N(Cc2cccc(OC)c2)[C@H](C)C(=O)NC2CCCC2)S(=O)(=O)c2ccc(Cl)cc2)cc1. The van der Waals surface area contributed by atoms with Gasteiger partial charge in [0.1, 0.15) is 24.1 Å². The Morgan fingerprint density at radius 3 is 2.30 bits per heavy atom. The van der Waals surface area contributed by atoms with Gasteiger partial charge in [0.05, 0.1) is 24.3 Å². The molecule has 9 nitrogen and oxygen atoms in total. The van der Waals surface area contributed by atoms with Gasteiger partial charge in [0.2, 0.25) is 11.8 Å². The maximum absolute atomic E-state index is 14.1. The van der Waals surface area contributed by atoms with Crippen LogP contribution in [0, 0.1) is 0 Å². The van der Waals surface area contributed by atoms with Crippen molar-refractivity contribution in [2.24, 2.45) is 0 Å². The molecule has 1 atom stereocenters. The summed E-state index contributed by atoms with van der Waals surface area (Å²) in [5, 5.41) is 3.45. The van der Waals surface area contributed by atoms with E-state index in [9.17, 15) is 18.0 Å². The summed E-state index contributed by atoms with van der Waals surface area (Å²) in [5.41, 5.74) is 1.01. The number of carbonyl (C=O) groups is 2. The fraction of sp³-hybridized carbons (Fsp3) is 0.375. The van der Waals surface area contributed by atoms with Crippen molar-refractivity contribution in [3.63, 3.8) is 0 Å². The molecular weight excluding hydrogens is 590 g/mol. The van der Waals surface area contributed by atoms with Crippen LogP contribution in [-0.4, -0.2) is 57.5 Å². The van der Waals surface area contributed by atoms with E-state index in [1.54, 1.807) is 56.5 Å². The molecule has 0 aromatic heterocycles. The molecule has 0 bridgehead atoms. The van der Waals surface area contributed by atoms with E-state index in [4.69, 9.17) is 21.1 Å². The van der Waals surface area contributed by atoms with Crippen molar-refractivity contribution in [3.05, 3.63) is 83.4 Å². The number of carbonyl (C=O) groups excluding carboxylic acids is 2. The maximum Gasteiger partial charge on any atom is 0.264 e. The number of ether oxygens (including phenoxy) is 2. The van der Waals surface area contributed by atoms with E-state index in [2.05, 4.69) is 5.32 Å². The topological polar surface area (TPSA) is 105 Å². The van der Waals surface area contributed by atoms with E-state index >= 15 is 0 Å². The summed E-state index contributed by atoms with van der Waals surface area (Å²) in [6, 6.07) is 18.7. The number of benzene rings is 3. The quantitative estimate of drug-likeness (QED) is 0.271. The minimum absolute atomic E-state index is 0.0232. The summed E-state index contributed by atoms with van der Waals surface area (Å²) in [7, 11) is -2.66. The molecule has 230 valence electrons. The predicted octanol–water partition coefficient (Wildman–Crippen LogP) is 5.42. The lowest BCUT2D eigenvalue weighted by Crippen LogP contribution is -2.52. The van der Waals surface area contributed by atoms with Gasteiger partial charge in [0.15, 0.2) is 0 Å². The van der Waals surface area contributed by atoms with Gasteiger partial charge in [-0.2, -0.15) is 0 Å². The van der Waals surface area contributed by atoms with Gasteiger partial charge < -0.3 is 19.7 Å². The molecule has 1 fully saturated rings. The van der Waals surface area contributed by atoms with Crippen LogP contribution < -0.4 is 19.1 Å². The van der Waals surface area contributed by atoms with Crippen LogP contribution >= 0.6 is 11.6 Å². The smallest absolute Gasteiger partial charge is 0.264 e. The molecule has 2 amide bonds. The molecule has 1 aliphatic carbocycles. The second-order valence-corrected chi connectivity index (χ2v) is 12.7. The number of hydrogen-bond donors (Lipinski definition) is 1. The highest BCUT2D eigenvalue weighted by molar-refractivity contribution is 7.92. The monoisotopic (exact) mass is 627 g/mol. The Balaban J connectivity index is 1.69. The Hall–Kier alpha value is -3.76. The molecule has 0 heterocycles. The largest absolute Gasteiger partial charge is 0.497 e. The summed E-state index contributed by atoms with van der Waals surface area (Å²) in [6.07, 6.45) is 3.89. The van der Waals surface area contributed by atoms with Crippen LogP contribution in [0.25, 0.3) is 0 Å². The summed E-state index contributed by atoms with van der Waals surface area (Å²) >= 11 is 6.03. The third-order valence-corrected chi connectivity index (χ3v) is 9.51. The lowest BCUT2D eigenvalue weighted by atomic mass is 10.1. The molecule has 11 heteroatoms. The molecule has 0 radical (unpaired) electrons. The standard InChI is InChI=1S/C32H38ClN3O6S/c1-4-42-28-16-14-27(15-17-28)36(43(39,40)30-18-12-25(33)13-19-30)22-31(37)35(21-24-8-7-11-29(20-24)41-3)23(2)32(38)34-26-9-5-6-10-26/h7-8,11-20,23,26H,4-6,9-10,21-22H2,1-3H3,(H,34,38)/t23-/m1/s1. The van der Waals surface area contributed by atoms with Crippen LogP contribution in [0.4, 0.5) is 5.69 Å². The fourth-order valence-corrected chi connectivity index (χ4v) is 6.62. The maximum atomic E-state index is 14.1. The summed E-state index contributed by atoms with van der Waals surface area (Å²) < 4.78 is 39.9. The predicted molar refractivity (Wildman–Crippen MR) is 167 cm³/mol. The highest BCUT2D eigenvalue weighted by atomic mass is 35.5. The van der Waals surface area contributed by atoms with Crippen molar-refractivity contribution in [3.8, 4) is 11.5 Å². The Morgan fingerprint density at radius 2 is 1.67 bits per heavy atom. The number of halogens is 1. The van der Waals surface area contributed by atoms with E-state index in [1.165, 1.54) is 29.2 Å². The zero-order valence-corrected chi connectivity index (χ0v) is 26.2. The Labute approximate surface area is 258 Å². The lowest BCUT2D eigenvalue weighted by molar-refractivity contribution is -0.139. The zero-order chi connectivity index (χ0) is 31.0. The lowest BCUT2D eigenvalue weighted by Gasteiger charge is -2.32. The molecule has 1 N–H and O–H groups in total. The second-order valence-electron chi connectivity index (χ2n) is 10.4. The van der Waals surface area contributed by atoms with Gasteiger partial charge >= 0.3 is 0 Å².